The number of primary amides is 1. The first-order valence-corrected chi connectivity index (χ1v) is 11.7. The molecule has 4 heterocycles. The fourth-order valence-corrected chi connectivity index (χ4v) is 6.47. The van der Waals surface area contributed by atoms with Crippen molar-refractivity contribution in [1.29, 1.82) is 0 Å². The predicted octanol–water partition coefficient (Wildman–Crippen LogP) is 0.498. The van der Waals surface area contributed by atoms with Crippen molar-refractivity contribution >= 4 is 93.1 Å². The summed E-state index contributed by atoms with van der Waals surface area (Å²) in [6.45, 7) is 0.292. The van der Waals surface area contributed by atoms with E-state index in [0.717, 1.165) is 23.1 Å². The van der Waals surface area contributed by atoms with E-state index in [2.05, 4.69) is 20.8 Å². The number of nitrogens with two attached hydrogens (primary N) is 2. The summed E-state index contributed by atoms with van der Waals surface area (Å²) >= 11 is 2.26. The fourth-order valence-electron chi connectivity index (χ4n) is 4.53. The van der Waals surface area contributed by atoms with Crippen LogP contribution in [-0.2, 0) is 9.59 Å². The van der Waals surface area contributed by atoms with Crippen LogP contribution < -0.4 is 22.1 Å². The molecule has 0 spiro atoms. The van der Waals surface area contributed by atoms with Crippen LogP contribution in [0.5, 0.6) is 0 Å². The number of hydrogen-bond acceptors (Lipinski definition) is 9. The molecule has 16 heteroatoms. The number of rotatable bonds is 5. The molecule has 0 radical (unpaired) electrons. The van der Waals surface area contributed by atoms with Gasteiger partial charge in [-0.25, -0.2) is 14.4 Å². The van der Waals surface area contributed by atoms with Crippen LogP contribution in [0.2, 0.25) is 0 Å². The summed E-state index contributed by atoms with van der Waals surface area (Å²) in [5.41, 5.74) is 11.6. The number of nitrogens with zero attached hydrogens (tertiary/aromatic N) is 4. The van der Waals surface area contributed by atoms with E-state index < -0.39 is 36.0 Å². The zero-order valence-corrected chi connectivity index (χ0v) is 18.9. The molecule has 3 aliphatic rings. The second-order valence-corrected chi connectivity index (χ2v) is 10.2. The van der Waals surface area contributed by atoms with Gasteiger partial charge >= 0.3 is 47.6 Å². The van der Waals surface area contributed by atoms with Gasteiger partial charge in [0, 0.05) is 28.7 Å². The Morgan fingerprint density at radius 2 is 1.80 bits per heavy atom. The van der Waals surface area contributed by atoms with E-state index >= 15 is 0 Å². The van der Waals surface area contributed by atoms with E-state index in [1.54, 1.807) is 24.3 Å². The third-order valence-electron chi connectivity index (χ3n) is 5.81. The first kappa shape index (κ1) is 25.2. The number of carboxylic acid groups (broad SMARTS) is 1. The average Bonchev–Trinajstić information content (AvgIpc) is 3.35. The SMILES string of the molecule is NC(=O)Nc1ccc(NC(=O)N2C[C@H]3CC(Sc4nnc(N)s4)=C(C(=O)O)N4C(=O)[C@@H]2[C@@H]34)cc1.[NaH]. The number of nitrogen functional groups attached to an aromatic ring is 1. The van der Waals surface area contributed by atoms with Crippen LogP contribution in [-0.4, -0.2) is 97.2 Å². The minimum absolute atomic E-state index is 0. The third-order valence-corrected chi connectivity index (χ3v) is 7.72. The van der Waals surface area contributed by atoms with E-state index in [4.69, 9.17) is 11.5 Å². The quantitative estimate of drug-likeness (QED) is 0.272. The van der Waals surface area contributed by atoms with Gasteiger partial charge in [0.25, 0.3) is 5.91 Å². The van der Waals surface area contributed by atoms with Crippen molar-refractivity contribution in [2.24, 2.45) is 11.7 Å². The number of amides is 5. The van der Waals surface area contributed by atoms with Crippen LogP contribution in [0, 0.1) is 5.92 Å². The molecule has 2 aromatic rings. The van der Waals surface area contributed by atoms with Crippen LogP contribution in [0.4, 0.5) is 26.1 Å². The predicted molar refractivity (Wildman–Crippen MR) is 130 cm³/mol. The molecule has 178 valence electrons. The number of benzene rings is 1. The summed E-state index contributed by atoms with van der Waals surface area (Å²) in [6, 6.07) is 4.05. The molecule has 35 heavy (non-hydrogen) atoms. The monoisotopic (exact) mass is 526 g/mol. The number of carbonyl (C=O) groups excluding carboxylic acids is 3. The second-order valence-electron chi connectivity index (χ2n) is 7.84. The van der Waals surface area contributed by atoms with Gasteiger partial charge in [-0.3, -0.25) is 9.69 Å². The Bertz CT molecular complexity index is 1250. The topological polar surface area (TPSA) is 197 Å². The molecule has 0 saturated carbocycles. The van der Waals surface area contributed by atoms with Gasteiger partial charge in [-0.2, -0.15) is 0 Å². The number of likely N-dealkylation sites (tertiary alicyclic amines) is 1. The standard InChI is InChI=1S/C19H18N8O5S2.Na.H/c20-16(31)22-8-1-3-9(4-2-8)23-18(32)26-6-7-5-10(33-19-25-24-17(21)34-19)12(15(29)30)27-11(7)13(26)14(27)28;;/h1-4,7,11,13H,5-6H2,(H2,21,24)(H,23,32)(H,29,30)(H3,20,22,31);;/t7-,11-,13+;;/m1../s1. The van der Waals surface area contributed by atoms with E-state index in [-0.39, 0.29) is 46.3 Å². The Labute approximate surface area is 228 Å². The number of aliphatic carboxylic acids is 1. The average molecular weight is 527 g/mol. The number of β-lactam (4-membered cyclic amide) rings is 1. The summed E-state index contributed by atoms with van der Waals surface area (Å²) in [5, 5.41) is 22.9. The van der Waals surface area contributed by atoms with Crippen molar-refractivity contribution in [1.82, 2.24) is 20.0 Å². The van der Waals surface area contributed by atoms with Crippen LogP contribution in [0.3, 0.4) is 0 Å². The van der Waals surface area contributed by atoms with E-state index in [9.17, 15) is 24.3 Å². The summed E-state index contributed by atoms with van der Waals surface area (Å²) in [4.78, 5) is 52.1. The molecule has 3 aliphatic heterocycles. The normalized spacial score (nSPS) is 22.2. The van der Waals surface area contributed by atoms with Crippen LogP contribution in [0.15, 0.2) is 39.2 Å². The van der Waals surface area contributed by atoms with Crippen molar-refractivity contribution in [3.05, 3.63) is 34.9 Å². The summed E-state index contributed by atoms with van der Waals surface area (Å²) in [5.74, 6) is -1.76. The molecule has 7 N–H and O–H groups in total. The van der Waals surface area contributed by atoms with Gasteiger partial charge < -0.3 is 32.1 Å². The Hall–Kier alpha value is -2.85. The first-order valence-electron chi connectivity index (χ1n) is 10.0. The molecule has 0 aliphatic carbocycles. The zero-order chi connectivity index (χ0) is 24.1. The molecule has 13 nitrogen and oxygen atoms in total. The molecule has 5 rings (SSSR count). The molecule has 1 aromatic heterocycles. The molecular formula is C19H19N8NaO5S2. The molecule has 2 fully saturated rings. The Kier molecular flexibility index (Phi) is 6.97. The minimum atomic E-state index is -1.21. The molecular weight excluding hydrogens is 507 g/mol. The van der Waals surface area contributed by atoms with Gasteiger partial charge in [0.1, 0.15) is 11.7 Å². The number of aromatic nitrogens is 2. The summed E-state index contributed by atoms with van der Waals surface area (Å²) in [7, 11) is 0. The molecule has 2 saturated heterocycles. The van der Waals surface area contributed by atoms with Crippen molar-refractivity contribution in [3.63, 3.8) is 0 Å². The number of anilines is 3. The van der Waals surface area contributed by atoms with Gasteiger partial charge in [-0.1, -0.05) is 23.1 Å². The Morgan fingerprint density at radius 3 is 2.37 bits per heavy atom. The van der Waals surface area contributed by atoms with Gasteiger partial charge in [0.15, 0.2) is 4.34 Å². The Balaban J connectivity index is 0.00000289. The number of nitrogens with one attached hydrogen (secondary N) is 2. The summed E-state index contributed by atoms with van der Waals surface area (Å²) < 4.78 is 0.482. The number of hydrogen-bond donors (Lipinski definition) is 5. The van der Waals surface area contributed by atoms with Crippen molar-refractivity contribution in [2.75, 3.05) is 22.9 Å². The Morgan fingerprint density at radius 1 is 1.14 bits per heavy atom. The fraction of sp³-hybridized carbons (Fsp3) is 0.263. The van der Waals surface area contributed by atoms with Gasteiger partial charge in [-0.05, 0) is 30.7 Å². The number of urea groups is 2. The van der Waals surface area contributed by atoms with Crippen LogP contribution in [0.1, 0.15) is 6.42 Å². The van der Waals surface area contributed by atoms with Gasteiger partial charge in [0.05, 0.1) is 6.04 Å². The zero-order valence-electron chi connectivity index (χ0n) is 17.3. The van der Waals surface area contributed by atoms with Crippen molar-refractivity contribution in [2.45, 2.75) is 22.8 Å². The van der Waals surface area contributed by atoms with Crippen molar-refractivity contribution in [3.8, 4) is 0 Å². The van der Waals surface area contributed by atoms with E-state index in [0.29, 0.717) is 33.6 Å². The maximum absolute atomic E-state index is 13.0. The molecule has 0 unspecified atom stereocenters. The number of carbonyl (C=O) groups is 4. The number of carboxylic acids is 1. The molecule has 1 aromatic carbocycles. The van der Waals surface area contributed by atoms with E-state index in [1.165, 1.54) is 9.80 Å². The van der Waals surface area contributed by atoms with Gasteiger partial charge in [0.2, 0.25) is 5.13 Å². The molecule has 3 atom stereocenters. The molecule has 5 amide bonds. The second kappa shape index (κ2) is 9.66. The maximum atomic E-state index is 13.0. The number of thioether (sulfide) groups is 1. The molecule has 0 bridgehead atoms. The first-order chi connectivity index (χ1) is 16.2. The summed E-state index contributed by atoms with van der Waals surface area (Å²) in [6.07, 6.45) is 0.383. The number of allylic oxidation sites excluding steroid dienone is 1. The van der Waals surface area contributed by atoms with Crippen LogP contribution in [0.25, 0.3) is 0 Å². The van der Waals surface area contributed by atoms with Crippen LogP contribution >= 0.6 is 23.1 Å². The third kappa shape index (κ3) is 4.56. The van der Waals surface area contributed by atoms with E-state index in [1.807, 2.05) is 0 Å². The van der Waals surface area contributed by atoms with Gasteiger partial charge in [-0.15, -0.1) is 10.2 Å². The van der Waals surface area contributed by atoms with Crippen molar-refractivity contribution < 1.29 is 24.3 Å².